The molecule has 0 spiro atoms. The number of hydrogen-bond donors (Lipinski definition) is 1. The van der Waals surface area contributed by atoms with E-state index >= 15 is 0 Å². The summed E-state index contributed by atoms with van der Waals surface area (Å²) >= 11 is 7.24. The Balaban J connectivity index is 2.36. The molecule has 2 aromatic carbocycles. The normalized spacial score (nSPS) is 10.7. The lowest BCUT2D eigenvalue weighted by Crippen LogP contribution is -1.95. The van der Waals surface area contributed by atoms with Crippen molar-refractivity contribution in [1.82, 2.24) is 9.55 Å². The van der Waals surface area contributed by atoms with Crippen LogP contribution in [0, 0.1) is 25.5 Å². The first-order valence-corrected chi connectivity index (χ1v) is 7.19. The number of nitrogens with zero attached hydrogens (tertiary/aromatic N) is 2. The minimum atomic E-state index is -0.294. The van der Waals surface area contributed by atoms with E-state index in [4.69, 9.17) is 17.5 Å². The summed E-state index contributed by atoms with van der Waals surface area (Å²) in [7, 11) is 0. The van der Waals surface area contributed by atoms with Crippen LogP contribution in [0.25, 0.3) is 16.7 Å². The van der Waals surface area contributed by atoms with Gasteiger partial charge in [-0.25, -0.2) is 4.39 Å². The second-order valence-corrected chi connectivity index (χ2v) is 5.76. The molecule has 1 heterocycles. The first-order valence-electron chi connectivity index (χ1n) is 5.70. The first kappa shape index (κ1) is 13.3. The quantitative estimate of drug-likeness (QED) is 0.493. The second kappa shape index (κ2) is 5.00. The van der Waals surface area contributed by atoms with E-state index in [-0.39, 0.29) is 5.82 Å². The standard InChI is InChI=1S/C14H7FIN3S/c15-10-5-13-12(6-11(10)16)18-14(20)19(13)9-3-1-2-8(4-9)7-17/h1-6H,(H,18,20). The summed E-state index contributed by atoms with van der Waals surface area (Å²) in [5, 5.41) is 8.97. The Hall–Kier alpha value is -1.72. The van der Waals surface area contributed by atoms with Crippen LogP contribution in [0.3, 0.4) is 0 Å². The zero-order valence-corrected chi connectivity index (χ0v) is 13.0. The molecule has 0 fully saturated rings. The van der Waals surface area contributed by atoms with Gasteiger partial charge in [-0.15, -0.1) is 0 Å². The molecule has 1 N–H and O–H groups in total. The van der Waals surface area contributed by atoms with Gasteiger partial charge in [-0.05, 0) is 59.1 Å². The lowest BCUT2D eigenvalue weighted by Gasteiger charge is -2.05. The number of fused-ring (bicyclic) bond motifs is 1. The summed E-state index contributed by atoms with van der Waals surface area (Å²) < 4.78 is 16.5. The Bertz CT molecular complexity index is 920. The topological polar surface area (TPSA) is 44.5 Å². The van der Waals surface area contributed by atoms with Gasteiger partial charge >= 0.3 is 0 Å². The molecule has 98 valence electrons. The van der Waals surface area contributed by atoms with Crippen molar-refractivity contribution in [1.29, 1.82) is 5.26 Å². The molecule has 1 aromatic heterocycles. The van der Waals surface area contributed by atoms with E-state index in [0.29, 0.717) is 19.4 Å². The molecule has 0 amide bonds. The van der Waals surface area contributed by atoms with E-state index in [0.717, 1.165) is 11.2 Å². The molecule has 0 saturated heterocycles. The van der Waals surface area contributed by atoms with E-state index < -0.39 is 0 Å². The van der Waals surface area contributed by atoms with Crippen molar-refractivity contribution in [2.45, 2.75) is 0 Å². The molecule has 0 saturated carbocycles. The van der Waals surface area contributed by atoms with E-state index in [1.54, 1.807) is 28.8 Å². The van der Waals surface area contributed by atoms with E-state index in [1.165, 1.54) is 6.07 Å². The smallest absolute Gasteiger partial charge is 0.182 e. The summed E-state index contributed by atoms with van der Waals surface area (Å²) in [5.74, 6) is -0.294. The number of rotatable bonds is 1. The van der Waals surface area contributed by atoms with Crippen molar-refractivity contribution in [3.8, 4) is 11.8 Å². The Labute approximate surface area is 132 Å². The molecule has 0 atom stereocenters. The maximum absolute atomic E-state index is 13.8. The van der Waals surface area contributed by atoms with Crippen LogP contribution in [-0.2, 0) is 0 Å². The summed E-state index contributed by atoms with van der Waals surface area (Å²) in [4.78, 5) is 3.05. The summed E-state index contributed by atoms with van der Waals surface area (Å²) in [5.41, 5.74) is 2.69. The minimum absolute atomic E-state index is 0.294. The molecule has 0 aliphatic rings. The fourth-order valence-corrected chi connectivity index (χ4v) is 2.85. The van der Waals surface area contributed by atoms with Gasteiger partial charge in [0.2, 0.25) is 0 Å². The van der Waals surface area contributed by atoms with Crippen LogP contribution < -0.4 is 0 Å². The Morgan fingerprint density at radius 1 is 1.30 bits per heavy atom. The fourth-order valence-electron chi connectivity index (χ4n) is 2.07. The van der Waals surface area contributed by atoms with Gasteiger partial charge in [0.15, 0.2) is 4.77 Å². The number of aromatic amines is 1. The maximum atomic E-state index is 13.8. The monoisotopic (exact) mass is 395 g/mol. The van der Waals surface area contributed by atoms with Gasteiger partial charge in [0.05, 0.1) is 26.2 Å². The Morgan fingerprint density at radius 2 is 2.10 bits per heavy atom. The van der Waals surface area contributed by atoms with Gasteiger partial charge in [-0.3, -0.25) is 4.57 Å². The molecule has 6 heteroatoms. The maximum Gasteiger partial charge on any atom is 0.182 e. The van der Waals surface area contributed by atoms with Gasteiger partial charge in [0.1, 0.15) is 5.82 Å². The fraction of sp³-hybridized carbons (Fsp3) is 0. The van der Waals surface area contributed by atoms with Crippen molar-refractivity contribution >= 4 is 45.8 Å². The molecule has 3 aromatic rings. The predicted octanol–water partition coefficient (Wildman–Crippen LogP) is 4.30. The highest BCUT2D eigenvalue weighted by Crippen LogP contribution is 2.24. The lowest BCUT2D eigenvalue weighted by atomic mass is 10.2. The second-order valence-electron chi connectivity index (χ2n) is 4.21. The molecule has 0 unspecified atom stereocenters. The molecule has 3 rings (SSSR count). The highest BCUT2D eigenvalue weighted by Gasteiger charge is 2.10. The van der Waals surface area contributed by atoms with Crippen molar-refractivity contribution in [3.63, 3.8) is 0 Å². The van der Waals surface area contributed by atoms with Crippen LogP contribution >= 0.6 is 34.8 Å². The Morgan fingerprint density at radius 3 is 2.85 bits per heavy atom. The number of benzene rings is 2. The number of aromatic nitrogens is 2. The first-order chi connectivity index (χ1) is 9.60. The molecule has 0 bridgehead atoms. The number of nitriles is 1. The number of nitrogens with one attached hydrogen (secondary N) is 1. The van der Waals surface area contributed by atoms with Crippen LogP contribution in [0.2, 0.25) is 0 Å². The lowest BCUT2D eigenvalue weighted by molar-refractivity contribution is 0.622. The van der Waals surface area contributed by atoms with E-state index in [1.807, 2.05) is 28.7 Å². The number of H-pyrrole nitrogens is 1. The van der Waals surface area contributed by atoms with Crippen molar-refractivity contribution in [3.05, 3.63) is 56.1 Å². The summed E-state index contributed by atoms with van der Waals surface area (Å²) in [6.07, 6.45) is 0. The minimum Gasteiger partial charge on any atom is -0.330 e. The highest BCUT2D eigenvalue weighted by molar-refractivity contribution is 14.1. The molecular weight excluding hydrogens is 388 g/mol. The average Bonchev–Trinajstić information content (AvgIpc) is 2.74. The van der Waals surface area contributed by atoms with Gasteiger partial charge in [-0.1, -0.05) is 6.07 Å². The number of halogens is 2. The van der Waals surface area contributed by atoms with Crippen LogP contribution in [0.15, 0.2) is 36.4 Å². The van der Waals surface area contributed by atoms with Crippen molar-refractivity contribution in [2.75, 3.05) is 0 Å². The van der Waals surface area contributed by atoms with Crippen molar-refractivity contribution in [2.24, 2.45) is 0 Å². The molecule has 0 radical (unpaired) electrons. The predicted molar refractivity (Wildman–Crippen MR) is 85.8 cm³/mol. The molecular formula is C14H7FIN3S. The highest BCUT2D eigenvalue weighted by atomic mass is 127. The number of imidazole rings is 1. The third kappa shape index (κ3) is 2.13. The SMILES string of the molecule is N#Cc1cccc(-n2c(=S)[nH]c3cc(I)c(F)cc32)c1. The molecule has 0 aliphatic carbocycles. The van der Waals surface area contributed by atoms with E-state index in [9.17, 15) is 4.39 Å². The molecule has 3 nitrogen and oxygen atoms in total. The van der Waals surface area contributed by atoms with Crippen LogP contribution in [0.4, 0.5) is 4.39 Å². The molecule has 20 heavy (non-hydrogen) atoms. The van der Waals surface area contributed by atoms with Gasteiger partial charge in [0.25, 0.3) is 0 Å². The van der Waals surface area contributed by atoms with Crippen LogP contribution in [0.5, 0.6) is 0 Å². The largest absolute Gasteiger partial charge is 0.330 e. The van der Waals surface area contributed by atoms with Gasteiger partial charge in [-0.2, -0.15) is 5.26 Å². The van der Waals surface area contributed by atoms with Gasteiger partial charge < -0.3 is 4.98 Å². The van der Waals surface area contributed by atoms with E-state index in [2.05, 4.69) is 11.1 Å². The molecule has 0 aliphatic heterocycles. The third-order valence-corrected chi connectivity index (χ3v) is 4.07. The zero-order chi connectivity index (χ0) is 14.3. The van der Waals surface area contributed by atoms with Crippen LogP contribution in [-0.4, -0.2) is 9.55 Å². The zero-order valence-electron chi connectivity index (χ0n) is 10.0. The summed E-state index contributed by atoms with van der Waals surface area (Å²) in [6.45, 7) is 0. The third-order valence-electron chi connectivity index (χ3n) is 2.96. The Kier molecular flexibility index (Phi) is 3.31. The average molecular weight is 395 g/mol. The summed E-state index contributed by atoms with van der Waals surface area (Å²) in [6, 6.07) is 12.3. The van der Waals surface area contributed by atoms with Gasteiger partial charge in [0, 0.05) is 11.8 Å². The number of hydrogen-bond acceptors (Lipinski definition) is 2. The van der Waals surface area contributed by atoms with Crippen LogP contribution in [0.1, 0.15) is 5.56 Å². The van der Waals surface area contributed by atoms with Crippen molar-refractivity contribution < 1.29 is 4.39 Å².